The average Bonchev–Trinajstić information content (AvgIpc) is 2.21. The molecular formula is C12H18BrNS. The fraction of sp³-hybridized carbons (Fsp3) is 0.500. The Balaban J connectivity index is 2.35. The van der Waals surface area contributed by atoms with E-state index in [1.807, 2.05) is 11.8 Å². The van der Waals surface area contributed by atoms with Gasteiger partial charge in [-0.2, -0.15) is 11.8 Å². The van der Waals surface area contributed by atoms with Crippen molar-refractivity contribution in [2.75, 3.05) is 12.8 Å². The van der Waals surface area contributed by atoms with Crippen LogP contribution in [0.25, 0.3) is 0 Å². The van der Waals surface area contributed by atoms with E-state index >= 15 is 0 Å². The molecule has 0 spiro atoms. The van der Waals surface area contributed by atoms with Gasteiger partial charge >= 0.3 is 0 Å². The van der Waals surface area contributed by atoms with Crippen LogP contribution in [0.1, 0.15) is 19.4 Å². The van der Waals surface area contributed by atoms with E-state index in [-0.39, 0.29) is 0 Å². The molecule has 1 N–H and O–H groups in total. The standard InChI is InChI=1S/C12H18BrNS/c1-12(2,15-3)9-14-8-10-4-6-11(13)7-5-10/h4-7,14H,8-9H2,1-3H3. The summed E-state index contributed by atoms with van der Waals surface area (Å²) in [5.41, 5.74) is 1.33. The molecule has 84 valence electrons. The van der Waals surface area contributed by atoms with Crippen LogP contribution in [-0.4, -0.2) is 17.5 Å². The minimum absolute atomic E-state index is 0.315. The van der Waals surface area contributed by atoms with Crippen LogP contribution in [0.3, 0.4) is 0 Å². The smallest absolute Gasteiger partial charge is 0.0225 e. The zero-order valence-electron chi connectivity index (χ0n) is 9.51. The molecule has 0 aliphatic heterocycles. The van der Waals surface area contributed by atoms with Crippen molar-refractivity contribution in [2.24, 2.45) is 0 Å². The van der Waals surface area contributed by atoms with Gasteiger partial charge in [-0.25, -0.2) is 0 Å². The highest BCUT2D eigenvalue weighted by molar-refractivity contribution is 9.10. The molecule has 0 aliphatic carbocycles. The molecule has 3 heteroatoms. The fourth-order valence-corrected chi connectivity index (χ4v) is 1.69. The Kier molecular flexibility index (Phi) is 5.16. The first-order valence-corrected chi connectivity index (χ1v) is 7.05. The van der Waals surface area contributed by atoms with Gasteiger partial charge in [-0.15, -0.1) is 0 Å². The summed E-state index contributed by atoms with van der Waals surface area (Å²) in [6.07, 6.45) is 2.15. The first kappa shape index (κ1) is 13.1. The van der Waals surface area contributed by atoms with Gasteiger partial charge in [-0.1, -0.05) is 28.1 Å². The lowest BCUT2D eigenvalue weighted by Gasteiger charge is -2.22. The molecule has 0 radical (unpaired) electrons. The minimum atomic E-state index is 0.315. The number of hydrogen-bond donors (Lipinski definition) is 1. The van der Waals surface area contributed by atoms with Gasteiger partial charge in [-0.3, -0.25) is 0 Å². The number of halogens is 1. The van der Waals surface area contributed by atoms with Gasteiger partial charge < -0.3 is 5.32 Å². The Morgan fingerprint density at radius 1 is 1.27 bits per heavy atom. The minimum Gasteiger partial charge on any atom is -0.311 e. The van der Waals surface area contributed by atoms with Crippen molar-refractivity contribution in [1.82, 2.24) is 5.32 Å². The van der Waals surface area contributed by atoms with Crippen LogP contribution in [0.5, 0.6) is 0 Å². The first-order valence-electron chi connectivity index (χ1n) is 5.04. The van der Waals surface area contributed by atoms with Crippen LogP contribution in [0.15, 0.2) is 28.7 Å². The highest BCUT2D eigenvalue weighted by Gasteiger charge is 2.14. The third-order valence-electron chi connectivity index (χ3n) is 2.35. The van der Waals surface area contributed by atoms with Crippen LogP contribution >= 0.6 is 27.7 Å². The Morgan fingerprint density at radius 2 is 1.87 bits per heavy atom. The molecule has 0 saturated heterocycles. The normalized spacial score (nSPS) is 11.7. The molecule has 0 heterocycles. The molecule has 0 atom stereocenters. The van der Waals surface area contributed by atoms with Gasteiger partial charge in [0.15, 0.2) is 0 Å². The molecule has 0 bridgehead atoms. The summed E-state index contributed by atoms with van der Waals surface area (Å²) in [6.45, 7) is 6.49. The van der Waals surface area contributed by atoms with Gasteiger partial charge in [0.05, 0.1) is 0 Å². The molecule has 1 aromatic carbocycles. The molecule has 1 rings (SSSR count). The second-order valence-electron chi connectivity index (χ2n) is 4.19. The maximum atomic E-state index is 3.48. The number of rotatable bonds is 5. The molecular weight excluding hydrogens is 270 g/mol. The van der Waals surface area contributed by atoms with E-state index in [2.05, 4.69) is 65.6 Å². The third-order valence-corrected chi connectivity index (χ3v) is 4.12. The Bertz CT molecular complexity index is 295. The maximum Gasteiger partial charge on any atom is 0.0225 e. The summed E-state index contributed by atoms with van der Waals surface area (Å²) in [7, 11) is 0. The second-order valence-corrected chi connectivity index (χ2v) is 6.62. The predicted octanol–water partition coefficient (Wildman–Crippen LogP) is 3.68. The molecule has 0 aromatic heterocycles. The average molecular weight is 288 g/mol. The first-order chi connectivity index (χ1) is 7.03. The van der Waals surface area contributed by atoms with Gasteiger partial charge in [-0.05, 0) is 37.8 Å². The lowest BCUT2D eigenvalue weighted by Crippen LogP contribution is -2.31. The quantitative estimate of drug-likeness (QED) is 0.887. The maximum absolute atomic E-state index is 3.48. The van der Waals surface area contributed by atoms with Crippen molar-refractivity contribution in [3.8, 4) is 0 Å². The van der Waals surface area contributed by atoms with E-state index in [0.717, 1.165) is 17.6 Å². The lowest BCUT2D eigenvalue weighted by molar-refractivity contribution is 0.591. The molecule has 1 aromatic rings. The number of nitrogens with one attached hydrogen (secondary N) is 1. The van der Waals surface area contributed by atoms with Crippen LogP contribution < -0.4 is 5.32 Å². The van der Waals surface area contributed by atoms with Gasteiger partial charge in [0.25, 0.3) is 0 Å². The summed E-state index contributed by atoms with van der Waals surface area (Å²) in [5, 5.41) is 3.48. The zero-order chi connectivity index (χ0) is 11.3. The van der Waals surface area contributed by atoms with Crippen LogP contribution in [0.4, 0.5) is 0 Å². The molecule has 0 saturated carbocycles. The van der Waals surface area contributed by atoms with Gasteiger partial charge in [0.2, 0.25) is 0 Å². The van der Waals surface area contributed by atoms with E-state index in [1.54, 1.807) is 0 Å². The van der Waals surface area contributed by atoms with Crippen molar-refractivity contribution in [2.45, 2.75) is 25.1 Å². The largest absolute Gasteiger partial charge is 0.311 e. The van der Waals surface area contributed by atoms with Crippen LogP contribution in [-0.2, 0) is 6.54 Å². The van der Waals surface area contributed by atoms with Crippen LogP contribution in [0, 0.1) is 0 Å². The van der Waals surface area contributed by atoms with E-state index in [9.17, 15) is 0 Å². The van der Waals surface area contributed by atoms with Crippen molar-refractivity contribution in [3.63, 3.8) is 0 Å². The van der Waals surface area contributed by atoms with E-state index in [0.29, 0.717) is 4.75 Å². The Morgan fingerprint density at radius 3 is 2.40 bits per heavy atom. The zero-order valence-corrected chi connectivity index (χ0v) is 11.9. The van der Waals surface area contributed by atoms with E-state index in [1.165, 1.54) is 5.56 Å². The topological polar surface area (TPSA) is 12.0 Å². The summed E-state index contributed by atoms with van der Waals surface area (Å²) < 4.78 is 1.45. The van der Waals surface area contributed by atoms with E-state index < -0.39 is 0 Å². The second kappa shape index (κ2) is 5.92. The van der Waals surface area contributed by atoms with Crippen LogP contribution in [0.2, 0.25) is 0 Å². The fourth-order valence-electron chi connectivity index (χ4n) is 1.18. The van der Waals surface area contributed by atoms with Gasteiger partial charge in [0.1, 0.15) is 0 Å². The monoisotopic (exact) mass is 287 g/mol. The number of benzene rings is 1. The summed E-state index contributed by atoms with van der Waals surface area (Å²) in [6, 6.07) is 8.44. The van der Waals surface area contributed by atoms with E-state index in [4.69, 9.17) is 0 Å². The molecule has 15 heavy (non-hydrogen) atoms. The highest BCUT2D eigenvalue weighted by atomic mass is 79.9. The van der Waals surface area contributed by atoms with Crippen molar-refractivity contribution >= 4 is 27.7 Å². The molecule has 1 nitrogen and oxygen atoms in total. The van der Waals surface area contributed by atoms with Crippen molar-refractivity contribution in [1.29, 1.82) is 0 Å². The van der Waals surface area contributed by atoms with Gasteiger partial charge in [0, 0.05) is 22.3 Å². The summed E-state index contributed by atoms with van der Waals surface area (Å²) >= 11 is 5.33. The Labute approximate surface area is 105 Å². The summed E-state index contributed by atoms with van der Waals surface area (Å²) in [5.74, 6) is 0. The molecule has 0 unspecified atom stereocenters. The molecule has 0 aliphatic rings. The summed E-state index contributed by atoms with van der Waals surface area (Å²) in [4.78, 5) is 0. The Hall–Kier alpha value is 0.01000. The number of thioether (sulfide) groups is 1. The highest BCUT2D eigenvalue weighted by Crippen LogP contribution is 2.19. The third kappa shape index (κ3) is 5.05. The lowest BCUT2D eigenvalue weighted by atomic mass is 10.2. The SMILES string of the molecule is CSC(C)(C)CNCc1ccc(Br)cc1. The molecule has 0 fully saturated rings. The predicted molar refractivity (Wildman–Crippen MR) is 73.4 cm³/mol. The molecule has 0 amide bonds. The number of hydrogen-bond acceptors (Lipinski definition) is 2. The van der Waals surface area contributed by atoms with Crippen molar-refractivity contribution < 1.29 is 0 Å². The van der Waals surface area contributed by atoms with Crippen molar-refractivity contribution in [3.05, 3.63) is 34.3 Å².